The van der Waals surface area contributed by atoms with Gasteiger partial charge in [0, 0.05) is 5.56 Å². The van der Waals surface area contributed by atoms with Crippen LogP contribution < -0.4 is 20.7 Å². The average molecular weight is 235 g/mol. The average Bonchev–Trinajstić information content (AvgIpc) is 2.36. The number of nitrogen functional groups attached to an aromatic ring is 1. The molecule has 1 amide bonds. The molecule has 1 aromatic carbocycles. The summed E-state index contributed by atoms with van der Waals surface area (Å²) in [5, 5.41) is 8.43. The van der Waals surface area contributed by atoms with Crippen molar-refractivity contribution >= 4 is 5.91 Å². The summed E-state index contributed by atoms with van der Waals surface area (Å²) in [7, 11) is 0. The van der Waals surface area contributed by atoms with Gasteiger partial charge < -0.3 is 9.47 Å². The highest BCUT2D eigenvalue weighted by atomic mass is 16.5. The minimum atomic E-state index is -0.419. The van der Waals surface area contributed by atoms with Crippen LogP contribution in [0.5, 0.6) is 11.5 Å². The fourth-order valence-electron chi connectivity index (χ4n) is 1.23. The number of hydrogen-bond acceptors (Lipinski definition) is 5. The van der Waals surface area contributed by atoms with Gasteiger partial charge in [0.25, 0.3) is 5.91 Å². The summed E-state index contributed by atoms with van der Waals surface area (Å²) in [6, 6.07) is 6.47. The Bertz CT molecular complexity index is 440. The fraction of sp³-hybridized carbons (Fsp3) is 0.273. The van der Waals surface area contributed by atoms with E-state index >= 15 is 0 Å². The van der Waals surface area contributed by atoms with Gasteiger partial charge in [-0.1, -0.05) is 0 Å². The van der Waals surface area contributed by atoms with Gasteiger partial charge in [-0.2, -0.15) is 5.26 Å². The van der Waals surface area contributed by atoms with Gasteiger partial charge in [0.2, 0.25) is 0 Å². The van der Waals surface area contributed by atoms with E-state index in [1.165, 1.54) is 12.1 Å². The zero-order valence-corrected chi connectivity index (χ0v) is 9.40. The molecule has 0 fully saturated rings. The third-order valence-electron chi connectivity index (χ3n) is 1.93. The van der Waals surface area contributed by atoms with Crippen molar-refractivity contribution in [3.63, 3.8) is 0 Å². The Kier molecular flexibility index (Phi) is 4.78. The molecule has 90 valence electrons. The molecule has 0 spiro atoms. The predicted molar refractivity (Wildman–Crippen MR) is 60.4 cm³/mol. The SMILES string of the molecule is CCOc1cc(C(=O)NN)ccc1OCC#N. The Morgan fingerprint density at radius 3 is 2.82 bits per heavy atom. The lowest BCUT2D eigenvalue weighted by Gasteiger charge is -2.11. The quantitative estimate of drug-likeness (QED) is 0.442. The van der Waals surface area contributed by atoms with Crippen molar-refractivity contribution in [1.82, 2.24) is 5.43 Å². The third-order valence-corrected chi connectivity index (χ3v) is 1.93. The van der Waals surface area contributed by atoms with Crippen LogP contribution >= 0.6 is 0 Å². The van der Waals surface area contributed by atoms with Crippen molar-refractivity contribution < 1.29 is 14.3 Å². The molecule has 0 aliphatic carbocycles. The molecule has 6 nitrogen and oxygen atoms in total. The first-order valence-electron chi connectivity index (χ1n) is 5.00. The van der Waals surface area contributed by atoms with Crippen LogP contribution in [0.4, 0.5) is 0 Å². The molecule has 0 heterocycles. The minimum absolute atomic E-state index is 0.0808. The number of nitriles is 1. The van der Waals surface area contributed by atoms with Gasteiger partial charge in [-0.15, -0.1) is 0 Å². The van der Waals surface area contributed by atoms with Gasteiger partial charge >= 0.3 is 0 Å². The van der Waals surface area contributed by atoms with E-state index in [1.807, 2.05) is 18.4 Å². The van der Waals surface area contributed by atoms with Gasteiger partial charge in [0.15, 0.2) is 18.1 Å². The Balaban J connectivity index is 2.99. The number of rotatable bonds is 5. The number of carbonyl (C=O) groups is 1. The highest BCUT2D eigenvalue weighted by molar-refractivity contribution is 5.94. The van der Waals surface area contributed by atoms with Gasteiger partial charge in [-0.05, 0) is 25.1 Å². The number of ether oxygens (including phenoxy) is 2. The maximum atomic E-state index is 11.3. The van der Waals surface area contributed by atoms with E-state index < -0.39 is 5.91 Å². The molecule has 0 aliphatic heterocycles. The highest BCUT2D eigenvalue weighted by Crippen LogP contribution is 2.28. The van der Waals surface area contributed by atoms with Crippen LogP contribution in [0.1, 0.15) is 17.3 Å². The summed E-state index contributed by atoms with van der Waals surface area (Å²) in [5.74, 6) is 5.44. The van der Waals surface area contributed by atoms with E-state index in [1.54, 1.807) is 6.07 Å². The van der Waals surface area contributed by atoms with Crippen LogP contribution in [0.3, 0.4) is 0 Å². The summed E-state index contributed by atoms with van der Waals surface area (Å²) in [5.41, 5.74) is 2.39. The van der Waals surface area contributed by atoms with Gasteiger partial charge in [-0.25, -0.2) is 5.84 Å². The molecule has 1 aromatic rings. The first kappa shape index (κ1) is 12.8. The molecule has 1 rings (SSSR count). The van der Waals surface area contributed by atoms with E-state index in [-0.39, 0.29) is 6.61 Å². The summed E-state index contributed by atoms with van der Waals surface area (Å²) < 4.78 is 10.5. The topological polar surface area (TPSA) is 97.4 Å². The Labute approximate surface area is 98.9 Å². The lowest BCUT2D eigenvalue weighted by Crippen LogP contribution is -2.29. The molecule has 3 N–H and O–H groups in total. The lowest BCUT2D eigenvalue weighted by molar-refractivity contribution is 0.0953. The van der Waals surface area contributed by atoms with Crippen LogP contribution in [-0.4, -0.2) is 19.1 Å². The number of amides is 1. The first-order chi connectivity index (χ1) is 8.22. The largest absolute Gasteiger partial charge is 0.490 e. The fourth-order valence-corrected chi connectivity index (χ4v) is 1.23. The monoisotopic (exact) mass is 235 g/mol. The van der Waals surface area contributed by atoms with Crippen LogP contribution in [0, 0.1) is 11.3 Å². The van der Waals surface area contributed by atoms with Gasteiger partial charge in [-0.3, -0.25) is 10.2 Å². The molecule has 0 saturated heterocycles. The Morgan fingerprint density at radius 1 is 1.47 bits per heavy atom. The lowest BCUT2D eigenvalue weighted by atomic mass is 10.2. The zero-order chi connectivity index (χ0) is 12.7. The molecule has 0 radical (unpaired) electrons. The molecule has 17 heavy (non-hydrogen) atoms. The maximum absolute atomic E-state index is 11.3. The van der Waals surface area contributed by atoms with E-state index in [2.05, 4.69) is 0 Å². The van der Waals surface area contributed by atoms with Crippen LogP contribution in [0.25, 0.3) is 0 Å². The summed E-state index contributed by atoms with van der Waals surface area (Å²) in [4.78, 5) is 11.3. The standard InChI is InChI=1S/C11H13N3O3/c1-2-16-10-7-8(11(15)14-13)3-4-9(10)17-6-5-12/h3-4,7H,2,6,13H2,1H3,(H,14,15). The summed E-state index contributed by atoms with van der Waals surface area (Å²) in [6.07, 6.45) is 0. The van der Waals surface area contributed by atoms with E-state index in [0.29, 0.717) is 23.7 Å². The molecule has 0 saturated carbocycles. The van der Waals surface area contributed by atoms with Crippen molar-refractivity contribution in [2.75, 3.05) is 13.2 Å². The minimum Gasteiger partial charge on any atom is -0.490 e. The maximum Gasteiger partial charge on any atom is 0.265 e. The number of hydrazine groups is 1. The third kappa shape index (κ3) is 3.36. The molecular formula is C11H13N3O3. The number of nitrogens with zero attached hydrogens (tertiary/aromatic N) is 1. The van der Waals surface area contributed by atoms with E-state index in [0.717, 1.165) is 0 Å². The van der Waals surface area contributed by atoms with Crippen LogP contribution in [-0.2, 0) is 0 Å². The number of benzene rings is 1. The van der Waals surface area contributed by atoms with E-state index in [9.17, 15) is 4.79 Å². The number of nitrogens with one attached hydrogen (secondary N) is 1. The smallest absolute Gasteiger partial charge is 0.265 e. The van der Waals surface area contributed by atoms with Crippen molar-refractivity contribution in [2.45, 2.75) is 6.92 Å². The molecule has 0 bridgehead atoms. The molecular weight excluding hydrogens is 222 g/mol. The summed E-state index contributed by atoms with van der Waals surface area (Å²) in [6.45, 7) is 2.16. The highest BCUT2D eigenvalue weighted by Gasteiger charge is 2.10. The Hall–Kier alpha value is -2.26. The first-order valence-corrected chi connectivity index (χ1v) is 5.00. The molecule has 0 unspecified atom stereocenters. The van der Waals surface area contributed by atoms with Crippen molar-refractivity contribution in [3.05, 3.63) is 23.8 Å². The van der Waals surface area contributed by atoms with Gasteiger partial charge in [0.1, 0.15) is 6.07 Å². The van der Waals surface area contributed by atoms with Gasteiger partial charge in [0.05, 0.1) is 6.61 Å². The number of hydrogen-bond donors (Lipinski definition) is 2. The molecule has 6 heteroatoms. The number of nitrogens with two attached hydrogens (primary N) is 1. The van der Waals surface area contributed by atoms with E-state index in [4.69, 9.17) is 20.6 Å². The number of carbonyl (C=O) groups excluding carboxylic acids is 1. The second-order valence-electron chi connectivity index (χ2n) is 3.01. The Morgan fingerprint density at radius 2 is 2.24 bits per heavy atom. The second kappa shape index (κ2) is 6.35. The molecule has 0 atom stereocenters. The normalized spacial score (nSPS) is 9.24. The predicted octanol–water partition coefficient (Wildman–Crippen LogP) is 0.591. The molecule has 0 aliphatic rings. The van der Waals surface area contributed by atoms with Crippen molar-refractivity contribution in [3.8, 4) is 17.6 Å². The summed E-state index contributed by atoms with van der Waals surface area (Å²) >= 11 is 0. The molecule has 0 aromatic heterocycles. The second-order valence-corrected chi connectivity index (χ2v) is 3.01. The zero-order valence-electron chi connectivity index (χ0n) is 9.40. The van der Waals surface area contributed by atoms with Crippen LogP contribution in [0.15, 0.2) is 18.2 Å². The van der Waals surface area contributed by atoms with Crippen molar-refractivity contribution in [1.29, 1.82) is 5.26 Å². The van der Waals surface area contributed by atoms with Crippen LogP contribution in [0.2, 0.25) is 0 Å². The van der Waals surface area contributed by atoms with Crippen molar-refractivity contribution in [2.24, 2.45) is 5.84 Å².